The van der Waals surface area contributed by atoms with E-state index in [4.69, 9.17) is 0 Å². The largest absolute Gasteiger partial charge is 0.387 e. The molecular weight excluding hydrogens is 198 g/mol. The van der Waals surface area contributed by atoms with Gasteiger partial charge in [-0.25, -0.2) is 0 Å². The molecule has 0 aliphatic heterocycles. The van der Waals surface area contributed by atoms with Gasteiger partial charge in [-0.15, -0.1) is 0 Å². The van der Waals surface area contributed by atoms with Crippen molar-refractivity contribution in [3.05, 3.63) is 34.9 Å². The van der Waals surface area contributed by atoms with Crippen molar-refractivity contribution < 1.29 is 5.11 Å². The summed E-state index contributed by atoms with van der Waals surface area (Å²) in [5.41, 5.74) is 3.98. The molecule has 0 saturated heterocycles. The molecule has 0 bridgehead atoms. The molecule has 88 valence electrons. The van der Waals surface area contributed by atoms with Crippen LogP contribution in [0.15, 0.2) is 18.2 Å². The number of aliphatic hydroxyl groups excluding tert-OH is 1. The Morgan fingerprint density at radius 2 is 1.94 bits per heavy atom. The number of aliphatic hydroxyl groups is 1. The summed E-state index contributed by atoms with van der Waals surface area (Å²) in [6.07, 6.45) is 5.94. The van der Waals surface area contributed by atoms with Crippen LogP contribution in [0.4, 0.5) is 0 Å². The number of benzene rings is 1. The highest BCUT2D eigenvalue weighted by Crippen LogP contribution is 2.24. The second-order valence-electron chi connectivity index (χ2n) is 4.66. The summed E-state index contributed by atoms with van der Waals surface area (Å²) in [5, 5.41) is 12.9. The molecule has 1 unspecified atom stereocenters. The molecule has 16 heavy (non-hydrogen) atoms. The lowest BCUT2D eigenvalue weighted by molar-refractivity contribution is 0.177. The molecule has 2 N–H and O–H groups in total. The minimum Gasteiger partial charge on any atom is -0.387 e. The van der Waals surface area contributed by atoms with Crippen molar-refractivity contribution in [2.24, 2.45) is 0 Å². The highest BCUT2D eigenvalue weighted by Gasteiger charge is 2.11. The third-order valence-electron chi connectivity index (χ3n) is 3.40. The van der Waals surface area contributed by atoms with E-state index in [9.17, 15) is 5.11 Å². The molecule has 0 amide bonds. The standard InChI is InChI=1S/C14H21NO/c1-15-10-14(16)13-8-7-11-5-3-2-4-6-12(11)9-13/h7-9,14-16H,2-6,10H2,1H3. The van der Waals surface area contributed by atoms with E-state index in [1.165, 1.54) is 43.2 Å². The Hall–Kier alpha value is -0.860. The van der Waals surface area contributed by atoms with Gasteiger partial charge in [0.1, 0.15) is 0 Å². The summed E-state index contributed by atoms with van der Waals surface area (Å²) >= 11 is 0. The summed E-state index contributed by atoms with van der Waals surface area (Å²) in [6.45, 7) is 0.624. The zero-order valence-electron chi connectivity index (χ0n) is 10.00. The quantitative estimate of drug-likeness (QED) is 0.764. The lowest BCUT2D eigenvalue weighted by Gasteiger charge is -2.13. The van der Waals surface area contributed by atoms with E-state index in [0.717, 1.165) is 5.56 Å². The first-order valence-corrected chi connectivity index (χ1v) is 6.25. The average Bonchev–Trinajstić information content (AvgIpc) is 2.53. The lowest BCUT2D eigenvalue weighted by atomic mass is 9.98. The second kappa shape index (κ2) is 5.46. The number of hydrogen-bond acceptors (Lipinski definition) is 2. The summed E-state index contributed by atoms with van der Waals surface area (Å²) in [5.74, 6) is 0. The molecule has 0 fully saturated rings. The van der Waals surface area contributed by atoms with Gasteiger partial charge in [-0.2, -0.15) is 0 Å². The third-order valence-corrected chi connectivity index (χ3v) is 3.40. The van der Waals surface area contributed by atoms with Crippen LogP contribution in [-0.2, 0) is 12.8 Å². The van der Waals surface area contributed by atoms with E-state index < -0.39 is 0 Å². The highest BCUT2D eigenvalue weighted by atomic mass is 16.3. The minimum atomic E-state index is -0.376. The van der Waals surface area contributed by atoms with Gasteiger partial charge < -0.3 is 10.4 Å². The smallest absolute Gasteiger partial charge is 0.0914 e. The molecule has 0 saturated carbocycles. The summed E-state index contributed by atoms with van der Waals surface area (Å²) in [6, 6.07) is 6.48. The van der Waals surface area contributed by atoms with Gasteiger partial charge in [0.15, 0.2) is 0 Å². The highest BCUT2D eigenvalue weighted by molar-refractivity contribution is 5.34. The number of aryl methyl sites for hydroxylation is 2. The van der Waals surface area contributed by atoms with E-state index in [-0.39, 0.29) is 6.10 Å². The first-order valence-electron chi connectivity index (χ1n) is 6.25. The Morgan fingerprint density at radius 1 is 1.19 bits per heavy atom. The molecule has 1 aromatic rings. The minimum absolute atomic E-state index is 0.376. The van der Waals surface area contributed by atoms with E-state index in [1.807, 2.05) is 7.05 Å². The topological polar surface area (TPSA) is 32.3 Å². The number of nitrogens with one attached hydrogen (secondary N) is 1. The first-order chi connectivity index (χ1) is 7.81. The maximum atomic E-state index is 9.93. The van der Waals surface area contributed by atoms with Crippen LogP contribution in [0, 0.1) is 0 Å². The van der Waals surface area contributed by atoms with E-state index in [1.54, 1.807) is 0 Å². The number of fused-ring (bicyclic) bond motifs is 1. The zero-order chi connectivity index (χ0) is 11.4. The number of hydrogen-bond donors (Lipinski definition) is 2. The fraction of sp³-hybridized carbons (Fsp3) is 0.571. The van der Waals surface area contributed by atoms with Gasteiger partial charge in [0.25, 0.3) is 0 Å². The molecule has 0 heterocycles. The lowest BCUT2D eigenvalue weighted by Crippen LogP contribution is -2.16. The maximum Gasteiger partial charge on any atom is 0.0914 e. The van der Waals surface area contributed by atoms with Crippen LogP contribution in [0.25, 0.3) is 0 Å². The normalized spacial score (nSPS) is 17.6. The van der Waals surface area contributed by atoms with Crippen molar-refractivity contribution in [3.63, 3.8) is 0 Å². The van der Waals surface area contributed by atoms with Crippen LogP contribution in [-0.4, -0.2) is 18.7 Å². The van der Waals surface area contributed by atoms with Gasteiger partial charge in [-0.3, -0.25) is 0 Å². The van der Waals surface area contributed by atoms with Crippen molar-refractivity contribution in [3.8, 4) is 0 Å². The molecule has 2 nitrogen and oxygen atoms in total. The van der Waals surface area contributed by atoms with Crippen LogP contribution in [0.1, 0.15) is 42.1 Å². The van der Waals surface area contributed by atoms with Gasteiger partial charge in [0, 0.05) is 6.54 Å². The number of rotatable bonds is 3. The molecule has 2 heteroatoms. The van der Waals surface area contributed by atoms with Gasteiger partial charge in [-0.05, 0) is 49.4 Å². The predicted molar refractivity (Wildman–Crippen MR) is 66.6 cm³/mol. The Morgan fingerprint density at radius 3 is 2.69 bits per heavy atom. The average molecular weight is 219 g/mol. The SMILES string of the molecule is CNCC(O)c1ccc2c(c1)CCCCC2. The fourth-order valence-electron chi connectivity index (χ4n) is 2.45. The van der Waals surface area contributed by atoms with E-state index >= 15 is 0 Å². The van der Waals surface area contributed by atoms with Crippen LogP contribution in [0.2, 0.25) is 0 Å². The van der Waals surface area contributed by atoms with Crippen molar-refractivity contribution in [1.29, 1.82) is 0 Å². The Labute approximate surface area is 97.7 Å². The first kappa shape index (κ1) is 11.6. The van der Waals surface area contributed by atoms with Crippen LogP contribution < -0.4 is 5.32 Å². The van der Waals surface area contributed by atoms with Crippen molar-refractivity contribution in [2.75, 3.05) is 13.6 Å². The van der Waals surface area contributed by atoms with Gasteiger partial charge in [-0.1, -0.05) is 24.6 Å². The Kier molecular flexibility index (Phi) is 3.97. The van der Waals surface area contributed by atoms with E-state index in [0.29, 0.717) is 6.54 Å². The molecule has 0 radical (unpaired) electrons. The van der Waals surface area contributed by atoms with Crippen molar-refractivity contribution >= 4 is 0 Å². The van der Waals surface area contributed by atoms with Crippen LogP contribution in [0.3, 0.4) is 0 Å². The Balaban J connectivity index is 2.20. The van der Waals surface area contributed by atoms with Crippen molar-refractivity contribution in [2.45, 2.75) is 38.2 Å². The maximum absolute atomic E-state index is 9.93. The summed E-state index contributed by atoms with van der Waals surface area (Å²) < 4.78 is 0. The third kappa shape index (κ3) is 2.63. The molecule has 1 aliphatic rings. The molecule has 2 rings (SSSR count). The Bertz CT molecular complexity index is 349. The van der Waals surface area contributed by atoms with Crippen LogP contribution >= 0.6 is 0 Å². The molecular formula is C14H21NO. The summed E-state index contributed by atoms with van der Waals surface area (Å²) in [7, 11) is 1.87. The predicted octanol–water partition coefficient (Wildman–Crippen LogP) is 2.21. The fourth-order valence-corrected chi connectivity index (χ4v) is 2.45. The second-order valence-corrected chi connectivity index (χ2v) is 4.66. The molecule has 1 aliphatic carbocycles. The van der Waals surface area contributed by atoms with Gasteiger partial charge in [0.2, 0.25) is 0 Å². The molecule has 0 spiro atoms. The monoisotopic (exact) mass is 219 g/mol. The van der Waals surface area contributed by atoms with Crippen LogP contribution in [0.5, 0.6) is 0 Å². The van der Waals surface area contributed by atoms with Gasteiger partial charge >= 0.3 is 0 Å². The molecule has 1 atom stereocenters. The van der Waals surface area contributed by atoms with Crippen molar-refractivity contribution in [1.82, 2.24) is 5.32 Å². The zero-order valence-corrected chi connectivity index (χ0v) is 10.00. The number of likely N-dealkylation sites (N-methyl/N-ethyl adjacent to an activating group) is 1. The molecule has 1 aromatic carbocycles. The summed E-state index contributed by atoms with van der Waals surface area (Å²) in [4.78, 5) is 0. The van der Waals surface area contributed by atoms with E-state index in [2.05, 4.69) is 23.5 Å². The van der Waals surface area contributed by atoms with Gasteiger partial charge in [0.05, 0.1) is 6.10 Å². The molecule has 0 aromatic heterocycles.